The Balaban J connectivity index is 0.000000180. The summed E-state index contributed by atoms with van der Waals surface area (Å²) in [4.78, 5) is 5.19. The van der Waals surface area contributed by atoms with Gasteiger partial charge in [-0.2, -0.15) is 17.5 Å². The number of halogens is 3. The lowest BCUT2D eigenvalue weighted by Crippen LogP contribution is -2.35. The summed E-state index contributed by atoms with van der Waals surface area (Å²) in [6, 6.07) is 6.32. The first-order chi connectivity index (χ1) is 13.0. The molecule has 1 saturated heterocycles. The number of nitrogens with one attached hydrogen (secondary N) is 2. The number of anilines is 1. The first-order valence-electron chi connectivity index (χ1n) is 8.75. The number of hydrogen-bond acceptors (Lipinski definition) is 7. The highest BCUT2D eigenvalue weighted by Crippen LogP contribution is 2.32. The van der Waals surface area contributed by atoms with E-state index in [1.807, 2.05) is 0 Å². The van der Waals surface area contributed by atoms with Crippen LogP contribution in [0.2, 0.25) is 0 Å². The highest BCUT2D eigenvalue weighted by molar-refractivity contribution is 8.00. The molecular weight excluding hydrogens is 397 g/mol. The number of rotatable bonds is 3. The number of alkyl halides is 3. The fourth-order valence-corrected chi connectivity index (χ4v) is 3.98. The number of hydrogen-bond donors (Lipinski definition) is 2. The van der Waals surface area contributed by atoms with E-state index >= 15 is 0 Å². The molecule has 3 heterocycles. The van der Waals surface area contributed by atoms with Crippen LogP contribution in [-0.2, 0) is 6.42 Å². The van der Waals surface area contributed by atoms with Crippen molar-refractivity contribution in [2.24, 2.45) is 5.92 Å². The van der Waals surface area contributed by atoms with Crippen LogP contribution in [0.5, 0.6) is 5.75 Å². The zero-order chi connectivity index (χ0) is 19.1. The van der Waals surface area contributed by atoms with Crippen LogP contribution in [0.3, 0.4) is 0 Å². The number of nitrogens with zero attached hydrogens (tertiary/aromatic N) is 2. The fourth-order valence-electron chi connectivity index (χ4n) is 2.85. The molecule has 10 heteroatoms. The molecule has 1 aromatic heterocycles. The lowest BCUT2D eigenvalue weighted by molar-refractivity contribution is -0.180. The van der Waals surface area contributed by atoms with Gasteiger partial charge in [0.05, 0.1) is 12.5 Å². The Kier molecular flexibility index (Phi) is 7.20. The normalized spacial score (nSPS) is 17.3. The zero-order valence-electron chi connectivity index (χ0n) is 14.6. The van der Waals surface area contributed by atoms with Gasteiger partial charge in [0.15, 0.2) is 0 Å². The molecule has 4 rings (SSSR count). The summed E-state index contributed by atoms with van der Waals surface area (Å²) in [6.07, 6.45) is 0.283. The number of fused-ring (bicyclic) bond motifs is 1. The molecule has 0 unspecified atom stereocenters. The van der Waals surface area contributed by atoms with Crippen LogP contribution in [0, 0.1) is 5.92 Å². The topological polar surface area (TPSA) is 59.1 Å². The molecule has 0 bridgehead atoms. The van der Waals surface area contributed by atoms with E-state index < -0.39 is 12.1 Å². The predicted octanol–water partition coefficient (Wildman–Crippen LogP) is 4.53. The SMILES string of the molecule is FC(F)(F)C1CCNCC1.c1nsc(NSc2ccc3c(c2)OCCC3)n1. The summed E-state index contributed by atoms with van der Waals surface area (Å²) >= 11 is 2.88. The van der Waals surface area contributed by atoms with Crippen LogP contribution in [0.1, 0.15) is 24.8 Å². The van der Waals surface area contributed by atoms with Gasteiger partial charge in [0.1, 0.15) is 12.1 Å². The van der Waals surface area contributed by atoms with Crippen LogP contribution in [0.25, 0.3) is 0 Å². The molecule has 0 spiro atoms. The average molecular weight is 419 g/mol. The molecule has 0 amide bonds. The smallest absolute Gasteiger partial charge is 0.391 e. The van der Waals surface area contributed by atoms with Gasteiger partial charge in [0.25, 0.3) is 0 Å². The molecule has 2 aliphatic heterocycles. The Morgan fingerprint density at radius 1 is 1.26 bits per heavy atom. The second-order valence-corrected chi connectivity index (χ2v) is 7.90. The summed E-state index contributed by atoms with van der Waals surface area (Å²) in [5, 5.41) is 3.70. The molecule has 148 valence electrons. The van der Waals surface area contributed by atoms with Crippen molar-refractivity contribution >= 4 is 28.6 Å². The molecule has 5 nitrogen and oxygen atoms in total. The van der Waals surface area contributed by atoms with Gasteiger partial charge in [0, 0.05) is 16.4 Å². The Morgan fingerprint density at radius 2 is 2.07 bits per heavy atom. The minimum atomic E-state index is -3.97. The molecule has 2 aromatic rings. The van der Waals surface area contributed by atoms with Crippen LogP contribution >= 0.6 is 23.5 Å². The van der Waals surface area contributed by atoms with Crippen molar-refractivity contribution in [1.29, 1.82) is 0 Å². The second kappa shape index (κ2) is 9.61. The monoisotopic (exact) mass is 418 g/mol. The molecule has 1 aromatic carbocycles. The van der Waals surface area contributed by atoms with Crippen LogP contribution in [0.15, 0.2) is 29.4 Å². The maximum Gasteiger partial charge on any atom is 0.391 e. The molecule has 0 radical (unpaired) electrons. The van der Waals surface area contributed by atoms with Gasteiger partial charge in [-0.15, -0.1) is 0 Å². The minimum Gasteiger partial charge on any atom is -0.493 e. The molecule has 2 N–H and O–H groups in total. The molecule has 1 fully saturated rings. The van der Waals surface area contributed by atoms with Crippen molar-refractivity contribution < 1.29 is 17.9 Å². The quantitative estimate of drug-likeness (QED) is 0.715. The van der Waals surface area contributed by atoms with Crippen LogP contribution in [0.4, 0.5) is 18.3 Å². The number of benzene rings is 1. The fraction of sp³-hybridized carbons (Fsp3) is 0.529. The molecule has 0 aliphatic carbocycles. The summed E-state index contributed by atoms with van der Waals surface area (Å²) < 4.78 is 48.5. The summed E-state index contributed by atoms with van der Waals surface area (Å²) in [7, 11) is 0. The van der Waals surface area contributed by atoms with Gasteiger partial charge in [-0.1, -0.05) is 6.07 Å². The molecular formula is C17H21F3N4OS2. The molecule has 2 aliphatic rings. The lowest BCUT2D eigenvalue weighted by Gasteiger charge is -2.24. The number of aryl methyl sites for hydroxylation is 1. The minimum absolute atomic E-state index is 0.240. The van der Waals surface area contributed by atoms with Gasteiger partial charge in [-0.3, -0.25) is 0 Å². The Bertz CT molecular complexity index is 707. The average Bonchev–Trinajstić information content (AvgIpc) is 3.20. The van der Waals surface area contributed by atoms with Gasteiger partial charge in [-0.25, -0.2) is 4.98 Å². The first kappa shape index (κ1) is 20.2. The van der Waals surface area contributed by atoms with Gasteiger partial charge >= 0.3 is 6.18 Å². The van der Waals surface area contributed by atoms with Crippen molar-refractivity contribution in [3.63, 3.8) is 0 Å². The third-order valence-corrected chi connectivity index (χ3v) is 5.80. The van der Waals surface area contributed by atoms with Gasteiger partial charge in [-0.05, 0) is 68.4 Å². The standard InChI is InChI=1S/C11H11N3OS2.C6H10F3N/c1-2-8-3-4-9(6-10(8)15-5-1)16-14-11-12-7-13-17-11;7-6(8,9)5-1-3-10-4-2-5/h3-4,6-7H,1-2,5H2,(H,12,13,14);5,10H,1-4H2. The van der Waals surface area contributed by atoms with Crippen LogP contribution in [-0.4, -0.2) is 35.2 Å². The van der Waals surface area contributed by atoms with E-state index in [4.69, 9.17) is 4.74 Å². The maximum atomic E-state index is 11.9. The van der Waals surface area contributed by atoms with E-state index in [1.54, 1.807) is 6.33 Å². The zero-order valence-corrected chi connectivity index (χ0v) is 16.2. The first-order valence-corrected chi connectivity index (χ1v) is 10.3. The number of ether oxygens (including phenoxy) is 1. The highest BCUT2D eigenvalue weighted by Gasteiger charge is 2.39. The summed E-state index contributed by atoms with van der Waals surface area (Å²) in [5.41, 5.74) is 1.30. The van der Waals surface area contributed by atoms with E-state index in [-0.39, 0.29) is 12.8 Å². The maximum absolute atomic E-state index is 11.9. The predicted molar refractivity (Wildman–Crippen MR) is 101 cm³/mol. The van der Waals surface area contributed by atoms with Gasteiger partial charge < -0.3 is 14.8 Å². The summed E-state index contributed by atoms with van der Waals surface area (Å²) in [6.45, 7) is 1.83. The third-order valence-electron chi connectivity index (χ3n) is 4.31. The van der Waals surface area contributed by atoms with E-state index in [9.17, 15) is 13.2 Å². The number of aromatic nitrogens is 2. The lowest BCUT2D eigenvalue weighted by atomic mass is 9.98. The van der Waals surface area contributed by atoms with E-state index in [2.05, 4.69) is 37.6 Å². The largest absolute Gasteiger partial charge is 0.493 e. The Hall–Kier alpha value is -1.52. The molecule has 0 atom stereocenters. The van der Waals surface area contributed by atoms with E-state index in [0.29, 0.717) is 13.1 Å². The van der Waals surface area contributed by atoms with E-state index in [1.165, 1.54) is 29.0 Å². The molecule has 27 heavy (non-hydrogen) atoms. The van der Waals surface area contributed by atoms with Crippen molar-refractivity contribution in [1.82, 2.24) is 14.7 Å². The van der Waals surface area contributed by atoms with Gasteiger partial charge in [0.2, 0.25) is 5.13 Å². The van der Waals surface area contributed by atoms with Crippen molar-refractivity contribution in [2.75, 3.05) is 24.4 Å². The third kappa shape index (κ3) is 6.25. The van der Waals surface area contributed by atoms with E-state index in [0.717, 1.165) is 35.2 Å². The Morgan fingerprint density at radius 3 is 2.74 bits per heavy atom. The highest BCUT2D eigenvalue weighted by atomic mass is 32.2. The Labute approximate surface area is 164 Å². The van der Waals surface area contributed by atoms with Crippen molar-refractivity contribution in [3.05, 3.63) is 30.1 Å². The number of piperidine rings is 1. The van der Waals surface area contributed by atoms with Crippen molar-refractivity contribution in [3.8, 4) is 5.75 Å². The second-order valence-electron chi connectivity index (χ2n) is 6.24. The van der Waals surface area contributed by atoms with Crippen molar-refractivity contribution in [2.45, 2.75) is 36.8 Å². The van der Waals surface area contributed by atoms with Crippen LogP contribution < -0.4 is 14.8 Å². The molecule has 0 saturated carbocycles. The summed E-state index contributed by atoms with van der Waals surface area (Å²) in [5.74, 6) is -0.0472.